The molecule has 2 heterocycles. The van der Waals surface area contributed by atoms with Crippen LogP contribution in [0, 0.1) is 0 Å². The number of ether oxygens (including phenoxy) is 1. The van der Waals surface area contributed by atoms with Gasteiger partial charge in [0, 0.05) is 57.9 Å². The molecule has 0 bridgehead atoms. The maximum atomic E-state index is 12.5. The molecular formula is C19H40N4O2. The molecule has 0 aliphatic carbocycles. The fourth-order valence-electron chi connectivity index (χ4n) is 3.55. The molecule has 0 saturated carbocycles. The molecule has 6 heteroatoms. The minimum Gasteiger partial charge on any atom is -0.377 e. The molecule has 0 aromatic carbocycles. The minimum absolute atomic E-state index is 0.279. The van der Waals surface area contributed by atoms with Crippen molar-refractivity contribution in [3.8, 4) is 0 Å². The van der Waals surface area contributed by atoms with E-state index in [4.69, 9.17) is 4.74 Å². The molecule has 1 amide bonds. The molecule has 2 atom stereocenters. The third-order valence-electron chi connectivity index (χ3n) is 4.82. The Morgan fingerprint density at radius 1 is 1.12 bits per heavy atom. The highest BCUT2D eigenvalue weighted by molar-refractivity contribution is 5.78. The van der Waals surface area contributed by atoms with Gasteiger partial charge in [-0.15, -0.1) is 0 Å². The molecule has 6 nitrogen and oxygen atoms in total. The maximum absolute atomic E-state index is 12.5. The van der Waals surface area contributed by atoms with Gasteiger partial charge in [0.1, 0.15) is 0 Å². The molecule has 0 aromatic heterocycles. The Kier molecular flexibility index (Phi) is 10.6. The van der Waals surface area contributed by atoms with Gasteiger partial charge >= 0.3 is 0 Å². The van der Waals surface area contributed by atoms with Crippen LogP contribution >= 0.6 is 0 Å². The molecule has 148 valence electrons. The van der Waals surface area contributed by atoms with Crippen molar-refractivity contribution < 1.29 is 9.53 Å². The lowest BCUT2D eigenvalue weighted by atomic mass is 10.1. The summed E-state index contributed by atoms with van der Waals surface area (Å²) in [5.74, 6) is 0.279. The first-order chi connectivity index (χ1) is 12.0. The van der Waals surface area contributed by atoms with Crippen LogP contribution in [0.1, 0.15) is 41.5 Å². The Balaban J connectivity index is 0.00000151. The molecule has 1 N–H and O–H groups in total. The second-order valence-corrected chi connectivity index (χ2v) is 7.18. The maximum Gasteiger partial charge on any atom is 0.236 e. The Hall–Kier alpha value is -0.690. The average Bonchev–Trinajstić information content (AvgIpc) is 2.60. The van der Waals surface area contributed by atoms with Crippen LogP contribution in [-0.4, -0.2) is 97.8 Å². The van der Waals surface area contributed by atoms with Crippen molar-refractivity contribution in [3.63, 3.8) is 0 Å². The van der Waals surface area contributed by atoms with E-state index in [-0.39, 0.29) is 5.91 Å². The molecule has 2 rings (SSSR count). The van der Waals surface area contributed by atoms with E-state index < -0.39 is 0 Å². The molecule has 0 aromatic rings. The Morgan fingerprint density at radius 3 is 2.20 bits per heavy atom. The number of rotatable bonds is 6. The van der Waals surface area contributed by atoms with Crippen LogP contribution in [0.3, 0.4) is 0 Å². The van der Waals surface area contributed by atoms with Gasteiger partial charge in [-0.2, -0.15) is 0 Å². The van der Waals surface area contributed by atoms with Gasteiger partial charge in [0.25, 0.3) is 0 Å². The molecule has 2 unspecified atom stereocenters. The zero-order valence-corrected chi connectivity index (χ0v) is 17.3. The summed E-state index contributed by atoms with van der Waals surface area (Å²) in [5.41, 5.74) is 0. The first-order valence-electron chi connectivity index (χ1n) is 10.1. The highest BCUT2D eigenvalue weighted by Crippen LogP contribution is 2.16. The fraction of sp³-hybridized carbons (Fsp3) is 0.947. The van der Waals surface area contributed by atoms with E-state index in [1.54, 1.807) is 0 Å². The number of piperazine rings is 2. The Labute approximate surface area is 154 Å². The highest BCUT2D eigenvalue weighted by atomic mass is 16.5. The summed E-state index contributed by atoms with van der Waals surface area (Å²) in [6.07, 6.45) is 0.294. The van der Waals surface area contributed by atoms with Gasteiger partial charge in [0.15, 0.2) is 0 Å². The zero-order valence-electron chi connectivity index (χ0n) is 17.3. The SMILES string of the molecule is CC.CC(C)OCCN1CC(C)N(CC(=O)N2CCNCC2)C(C)C1. The van der Waals surface area contributed by atoms with E-state index in [0.29, 0.717) is 24.7 Å². The summed E-state index contributed by atoms with van der Waals surface area (Å²) in [5, 5.41) is 3.30. The lowest BCUT2D eigenvalue weighted by molar-refractivity contribution is -0.135. The lowest BCUT2D eigenvalue weighted by Crippen LogP contribution is -2.60. The molecule has 2 aliphatic rings. The van der Waals surface area contributed by atoms with Crippen molar-refractivity contribution in [1.82, 2.24) is 20.0 Å². The average molecular weight is 357 g/mol. The van der Waals surface area contributed by atoms with Crippen molar-refractivity contribution in [2.45, 2.75) is 59.7 Å². The van der Waals surface area contributed by atoms with Gasteiger partial charge in [-0.1, -0.05) is 13.8 Å². The van der Waals surface area contributed by atoms with E-state index in [1.165, 1.54) is 0 Å². The molecular weight excluding hydrogens is 316 g/mol. The fourth-order valence-corrected chi connectivity index (χ4v) is 3.55. The lowest BCUT2D eigenvalue weighted by Gasteiger charge is -2.44. The number of hydrogen-bond donors (Lipinski definition) is 1. The van der Waals surface area contributed by atoms with Gasteiger partial charge in [-0.25, -0.2) is 0 Å². The van der Waals surface area contributed by atoms with Crippen LogP contribution in [0.25, 0.3) is 0 Å². The van der Waals surface area contributed by atoms with Crippen LogP contribution in [-0.2, 0) is 9.53 Å². The predicted molar refractivity (Wildman–Crippen MR) is 104 cm³/mol. The monoisotopic (exact) mass is 356 g/mol. The van der Waals surface area contributed by atoms with E-state index in [0.717, 1.165) is 52.4 Å². The zero-order chi connectivity index (χ0) is 18.8. The van der Waals surface area contributed by atoms with Gasteiger partial charge in [0.05, 0.1) is 19.3 Å². The van der Waals surface area contributed by atoms with Crippen LogP contribution in [0.2, 0.25) is 0 Å². The first kappa shape index (κ1) is 22.4. The van der Waals surface area contributed by atoms with Crippen LogP contribution in [0.4, 0.5) is 0 Å². The van der Waals surface area contributed by atoms with E-state index >= 15 is 0 Å². The second-order valence-electron chi connectivity index (χ2n) is 7.18. The van der Waals surface area contributed by atoms with Crippen molar-refractivity contribution in [3.05, 3.63) is 0 Å². The van der Waals surface area contributed by atoms with Gasteiger partial charge in [0.2, 0.25) is 5.91 Å². The minimum atomic E-state index is 0.279. The largest absolute Gasteiger partial charge is 0.377 e. The summed E-state index contributed by atoms with van der Waals surface area (Å²) in [6, 6.07) is 0.814. The normalized spacial score (nSPS) is 25.6. The topological polar surface area (TPSA) is 48.1 Å². The quantitative estimate of drug-likeness (QED) is 0.776. The predicted octanol–water partition coefficient (Wildman–Crippen LogP) is 1.26. The summed E-state index contributed by atoms with van der Waals surface area (Å²) in [4.78, 5) is 19.3. The van der Waals surface area contributed by atoms with Crippen LogP contribution in [0.5, 0.6) is 0 Å². The molecule has 25 heavy (non-hydrogen) atoms. The summed E-state index contributed by atoms with van der Waals surface area (Å²) in [7, 11) is 0. The highest BCUT2D eigenvalue weighted by Gasteiger charge is 2.31. The smallest absolute Gasteiger partial charge is 0.236 e. The third kappa shape index (κ3) is 7.60. The number of carbonyl (C=O) groups excluding carboxylic acids is 1. The van der Waals surface area contributed by atoms with Gasteiger partial charge < -0.3 is 15.0 Å². The second kappa shape index (κ2) is 11.8. The van der Waals surface area contributed by atoms with E-state index in [9.17, 15) is 4.79 Å². The molecule has 2 aliphatic heterocycles. The number of amides is 1. The molecule has 2 saturated heterocycles. The standard InChI is InChI=1S/C17H34N4O2.C2H6/c1-14(2)23-10-9-19-11-15(3)21(16(4)12-19)13-17(22)20-7-5-18-6-8-20;1-2/h14-16,18H,5-13H2,1-4H3;1-2H3. The van der Waals surface area contributed by atoms with Crippen molar-refractivity contribution in [2.75, 3.05) is 59.0 Å². The molecule has 2 fully saturated rings. The van der Waals surface area contributed by atoms with Gasteiger partial charge in [-0.05, 0) is 27.7 Å². The summed E-state index contributed by atoms with van der Waals surface area (Å²) in [6.45, 7) is 20.5. The number of hydrogen-bond acceptors (Lipinski definition) is 5. The Morgan fingerprint density at radius 2 is 1.68 bits per heavy atom. The van der Waals surface area contributed by atoms with Crippen molar-refractivity contribution in [2.24, 2.45) is 0 Å². The van der Waals surface area contributed by atoms with Crippen molar-refractivity contribution >= 4 is 5.91 Å². The van der Waals surface area contributed by atoms with Crippen LogP contribution in [0.15, 0.2) is 0 Å². The van der Waals surface area contributed by atoms with Crippen LogP contribution < -0.4 is 5.32 Å². The summed E-state index contributed by atoms with van der Waals surface area (Å²) < 4.78 is 5.66. The first-order valence-corrected chi connectivity index (χ1v) is 10.1. The van der Waals surface area contributed by atoms with Gasteiger partial charge in [-0.3, -0.25) is 14.6 Å². The molecule has 0 radical (unpaired) electrons. The Bertz CT molecular complexity index is 360. The summed E-state index contributed by atoms with van der Waals surface area (Å²) >= 11 is 0. The number of nitrogens with zero attached hydrogens (tertiary/aromatic N) is 3. The number of carbonyl (C=O) groups is 1. The third-order valence-corrected chi connectivity index (χ3v) is 4.82. The van der Waals surface area contributed by atoms with Crippen molar-refractivity contribution in [1.29, 1.82) is 0 Å². The van der Waals surface area contributed by atoms with E-state index in [2.05, 4.69) is 42.8 Å². The molecule has 0 spiro atoms. The van der Waals surface area contributed by atoms with E-state index in [1.807, 2.05) is 18.7 Å². The number of nitrogens with one attached hydrogen (secondary N) is 1.